The highest BCUT2D eigenvalue weighted by molar-refractivity contribution is 5.26. The SMILES string of the molecule is CC(C#N)C(C)(C)c1ccccc1. The van der Waals surface area contributed by atoms with E-state index in [1.54, 1.807) is 0 Å². The molecule has 1 unspecified atom stereocenters. The molecule has 1 aromatic carbocycles. The van der Waals surface area contributed by atoms with E-state index >= 15 is 0 Å². The lowest BCUT2D eigenvalue weighted by atomic mass is 9.75. The van der Waals surface area contributed by atoms with Gasteiger partial charge in [-0.1, -0.05) is 44.2 Å². The molecule has 13 heavy (non-hydrogen) atoms. The average molecular weight is 173 g/mol. The van der Waals surface area contributed by atoms with Gasteiger partial charge in [0.2, 0.25) is 0 Å². The van der Waals surface area contributed by atoms with E-state index in [0.717, 1.165) is 0 Å². The van der Waals surface area contributed by atoms with Gasteiger partial charge < -0.3 is 0 Å². The minimum absolute atomic E-state index is 0.0369. The first kappa shape index (κ1) is 9.80. The summed E-state index contributed by atoms with van der Waals surface area (Å²) in [5.41, 5.74) is 1.17. The molecule has 1 aromatic rings. The number of benzene rings is 1. The van der Waals surface area contributed by atoms with Crippen molar-refractivity contribution < 1.29 is 0 Å². The van der Waals surface area contributed by atoms with Crippen molar-refractivity contribution in [3.63, 3.8) is 0 Å². The summed E-state index contributed by atoms with van der Waals surface area (Å²) >= 11 is 0. The molecule has 0 aliphatic rings. The van der Waals surface area contributed by atoms with Crippen LogP contribution in [0.5, 0.6) is 0 Å². The van der Waals surface area contributed by atoms with E-state index in [9.17, 15) is 0 Å². The van der Waals surface area contributed by atoms with E-state index in [0.29, 0.717) is 0 Å². The fraction of sp³-hybridized carbons (Fsp3) is 0.417. The Morgan fingerprint density at radius 1 is 1.23 bits per heavy atom. The van der Waals surface area contributed by atoms with Crippen LogP contribution in [-0.4, -0.2) is 0 Å². The molecule has 1 nitrogen and oxygen atoms in total. The van der Waals surface area contributed by atoms with Crippen LogP contribution in [0, 0.1) is 17.2 Å². The van der Waals surface area contributed by atoms with Crippen molar-refractivity contribution in [3.8, 4) is 6.07 Å². The summed E-state index contributed by atoms with van der Waals surface area (Å²) in [6.45, 7) is 6.18. The minimum atomic E-state index is -0.0595. The van der Waals surface area contributed by atoms with Gasteiger partial charge in [-0.25, -0.2) is 0 Å². The lowest BCUT2D eigenvalue weighted by molar-refractivity contribution is 0.418. The second kappa shape index (κ2) is 3.62. The molecular formula is C12H15N. The van der Waals surface area contributed by atoms with Gasteiger partial charge in [-0.3, -0.25) is 0 Å². The summed E-state index contributed by atoms with van der Waals surface area (Å²) in [6, 6.07) is 12.5. The van der Waals surface area contributed by atoms with Crippen molar-refractivity contribution in [2.75, 3.05) is 0 Å². The summed E-state index contributed by atoms with van der Waals surface area (Å²) in [6.07, 6.45) is 0. The van der Waals surface area contributed by atoms with Crippen molar-refractivity contribution in [3.05, 3.63) is 35.9 Å². The number of hydrogen-bond acceptors (Lipinski definition) is 1. The van der Waals surface area contributed by atoms with E-state index < -0.39 is 0 Å². The molecule has 0 aliphatic heterocycles. The van der Waals surface area contributed by atoms with Gasteiger partial charge in [0.15, 0.2) is 0 Å². The first-order valence-corrected chi connectivity index (χ1v) is 4.54. The monoisotopic (exact) mass is 173 g/mol. The van der Waals surface area contributed by atoms with Crippen LogP contribution in [0.3, 0.4) is 0 Å². The average Bonchev–Trinajstić information content (AvgIpc) is 2.18. The molecule has 1 heteroatoms. The first-order chi connectivity index (χ1) is 6.09. The molecule has 0 radical (unpaired) electrons. The smallest absolute Gasteiger partial charge is 0.0662 e. The van der Waals surface area contributed by atoms with E-state index in [1.807, 2.05) is 25.1 Å². The molecule has 0 aliphatic carbocycles. The van der Waals surface area contributed by atoms with E-state index in [-0.39, 0.29) is 11.3 Å². The fourth-order valence-corrected chi connectivity index (χ4v) is 1.28. The van der Waals surface area contributed by atoms with Gasteiger partial charge in [0.05, 0.1) is 12.0 Å². The second-order valence-corrected chi connectivity index (χ2v) is 3.94. The topological polar surface area (TPSA) is 23.8 Å². The third kappa shape index (κ3) is 1.89. The summed E-state index contributed by atoms with van der Waals surface area (Å²) in [7, 11) is 0. The summed E-state index contributed by atoms with van der Waals surface area (Å²) in [4.78, 5) is 0. The zero-order valence-corrected chi connectivity index (χ0v) is 8.41. The Labute approximate surface area is 80.0 Å². The third-order valence-electron chi connectivity index (χ3n) is 2.79. The Morgan fingerprint density at radius 3 is 2.23 bits per heavy atom. The molecule has 1 rings (SSSR count). The highest BCUT2D eigenvalue weighted by Gasteiger charge is 2.27. The minimum Gasteiger partial charge on any atom is -0.198 e. The highest BCUT2D eigenvalue weighted by Crippen LogP contribution is 2.30. The molecule has 0 heterocycles. The maximum atomic E-state index is 8.88. The summed E-state index contributed by atoms with van der Waals surface area (Å²) in [5.74, 6) is 0.0369. The van der Waals surface area contributed by atoms with Gasteiger partial charge in [-0.15, -0.1) is 0 Å². The van der Waals surface area contributed by atoms with Crippen LogP contribution in [0.2, 0.25) is 0 Å². The number of nitriles is 1. The molecule has 0 spiro atoms. The molecule has 68 valence electrons. The molecule has 0 fully saturated rings. The standard InChI is InChI=1S/C12H15N/c1-10(9-13)12(2,3)11-7-5-4-6-8-11/h4-8,10H,1-3H3. The molecular weight excluding hydrogens is 158 g/mol. The van der Waals surface area contributed by atoms with Crippen molar-refractivity contribution in [2.24, 2.45) is 5.92 Å². The number of rotatable bonds is 2. The third-order valence-corrected chi connectivity index (χ3v) is 2.79. The van der Waals surface area contributed by atoms with Gasteiger partial charge in [0.25, 0.3) is 0 Å². The molecule has 0 aromatic heterocycles. The van der Waals surface area contributed by atoms with Crippen LogP contribution in [0.15, 0.2) is 30.3 Å². The number of hydrogen-bond donors (Lipinski definition) is 0. The maximum Gasteiger partial charge on any atom is 0.0662 e. The van der Waals surface area contributed by atoms with Crippen molar-refractivity contribution in [1.82, 2.24) is 0 Å². The van der Waals surface area contributed by atoms with Crippen LogP contribution in [0.1, 0.15) is 26.3 Å². The van der Waals surface area contributed by atoms with Crippen molar-refractivity contribution in [1.29, 1.82) is 5.26 Å². The van der Waals surface area contributed by atoms with Gasteiger partial charge >= 0.3 is 0 Å². The number of nitrogens with zero attached hydrogens (tertiary/aromatic N) is 1. The van der Waals surface area contributed by atoms with Crippen LogP contribution in [0.25, 0.3) is 0 Å². The zero-order chi connectivity index (χ0) is 9.90. The van der Waals surface area contributed by atoms with E-state index in [2.05, 4.69) is 32.0 Å². The zero-order valence-electron chi connectivity index (χ0n) is 8.41. The van der Waals surface area contributed by atoms with E-state index in [4.69, 9.17) is 5.26 Å². The highest BCUT2D eigenvalue weighted by atomic mass is 14.3. The lowest BCUT2D eigenvalue weighted by Crippen LogP contribution is -2.25. The van der Waals surface area contributed by atoms with E-state index in [1.165, 1.54) is 5.56 Å². The lowest BCUT2D eigenvalue weighted by Gasteiger charge is -2.27. The predicted molar refractivity (Wildman–Crippen MR) is 54.2 cm³/mol. The molecule has 0 saturated carbocycles. The molecule has 0 saturated heterocycles. The summed E-state index contributed by atoms with van der Waals surface area (Å²) < 4.78 is 0. The normalized spacial score (nSPS) is 13.4. The maximum absolute atomic E-state index is 8.88. The molecule has 0 amide bonds. The van der Waals surface area contributed by atoms with Gasteiger partial charge in [-0.2, -0.15) is 5.26 Å². The van der Waals surface area contributed by atoms with Crippen LogP contribution < -0.4 is 0 Å². The molecule has 0 bridgehead atoms. The molecule has 1 atom stereocenters. The largest absolute Gasteiger partial charge is 0.198 e. The fourth-order valence-electron chi connectivity index (χ4n) is 1.28. The van der Waals surface area contributed by atoms with Gasteiger partial charge in [0.1, 0.15) is 0 Å². The van der Waals surface area contributed by atoms with Crippen molar-refractivity contribution in [2.45, 2.75) is 26.2 Å². The molecule has 0 N–H and O–H groups in total. The second-order valence-electron chi connectivity index (χ2n) is 3.94. The van der Waals surface area contributed by atoms with Crippen LogP contribution in [0.4, 0.5) is 0 Å². The van der Waals surface area contributed by atoms with Crippen molar-refractivity contribution >= 4 is 0 Å². The Hall–Kier alpha value is -1.29. The summed E-state index contributed by atoms with van der Waals surface area (Å²) in [5, 5.41) is 8.88. The van der Waals surface area contributed by atoms with Gasteiger partial charge in [0, 0.05) is 5.41 Å². The Morgan fingerprint density at radius 2 is 1.77 bits per heavy atom. The first-order valence-electron chi connectivity index (χ1n) is 4.54. The Kier molecular flexibility index (Phi) is 2.72. The van der Waals surface area contributed by atoms with Gasteiger partial charge in [-0.05, 0) is 12.5 Å². The Bertz CT molecular complexity index is 306. The van der Waals surface area contributed by atoms with Crippen LogP contribution in [-0.2, 0) is 5.41 Å². The van der Waals surface area contributed by atoms with Crippen LogP contribution >= 0.6 is 0 Å². The quantitative estimate of drug-likeness (QED) is 0.674. The predicted octanol–water partition coefficient (Wildman–Crippen LogP) is 3.12. The Balaban J connectivity index is 3.02.